The van der Waals surface area contributed by atoms with Crippen LogP contribution in [-0.2, 0) is 9.53 Å². The van der Waals surface area contributed by atoms with Crippen molar-refractivity contribution in [3.63, 3.8) is 0 Å². The molecule has 0 aromatic rings. The van der Waals surface area contributed by atoms with Crippen LogP contribution in [0.5, 0.6) is 0 Å². The summed E-state index contributed by atoms with van der Waals surface area (Å²) >= 11 is 0. The van der Waals surface area contributed by atoms with E-state index in [0.29, 0.717) is 6.42 Å². The average molecular weight is 280 g/mol. The van der Waals surface area contributed by atoms with Crippen molar-refractivity contribution in [2.45, 2.75) is 57.5 Å². The third-order valence-electron chi connectivity index (χ3n) is 2.07. The van der Waals surface area contributed by atoms with E-state index in [0.717, 1.165) is 12.8 Å². The van der Waals surface area contributed by atoms with Gasteiger partial charge in [-0.3, -0.25) is 4.79 Å². The van der Waals surface area contributed by atoms with Crippen molar-refractivity contribution in [1.29, 1.82) is 0 Å². The molecule has 8 heteroatoms. The fraction of sp³-hybridized carbons (Fsp3) is 0.900. The summed E-state index contributed by atoms with van der Waals surface area (Å²) in [5.74, 6) is -1.54. The third-order valence-corrected chi connectivity index (χ3v) is 2.07. The van der Waals surface area contributed by atoms with Gasteiger partial charge in [-0.15, -0.1) is 0 Å². The lowest BCUT2D eigenvalue weighted by Crippen LogP contribution is -2.44. The van der Waals surface area contributed by atoms with Crippen molar-refractivity contribution >= 4 is 5.97 Å². The number of alkyl halides is 6. The van der Waals surface area contributed by atoms with Gasteiger partial charge in [0.1, 0.15) is 0 Å². The molecule has 0 N–H and O–H groups in total. The summed E-state index contributed by atoms with van der Waals surface area (Å²) in [5, 5.41) is 0. The summed E-state index contributed by atoms with van der Waals surface area (Å²) in [6, 6.07) is 0. The van der Waals surface area contributed by atoms with Gasteiger partial charge in [-0.1, -0.05) is 26.2 Å². The Labute approximate surface area is 100 Å². The molecular formula is C10H14F6O2. The number of hydrogen-bond acceptors (Lipinski definition) is 2. The summed E-state index contributed by atoms with van der Waals surface area (Å²) in [6.07, 6.45) is -13.5. The second kappa shape index (κ2) is 6.84. The highest BCUT2D eigenvalue weighted by molar-refractivity contribution is 5.69. The highest BCUT2D eigenvalue weighted by Crippen LogP contribution is 2.35. The molecule has 0 rings (SSSR count). The Kier molecular flexibility index (Phi) is 6.48. The van der Waals surface area contributed by atoms with Crippen LogP contribution in [0.25, 0.3) is 0 Å². The molecule has 2 nitrogen and oxygen atoms in total. The average Bonchev–Trinajstić information content (AvgIpc) is 2.21. The minimum absolute atomic E-state index is 0.214. The maximum Gasteiger partial charge on any atom is 0.441 e. The lowest BCUT2D eigenvalue weighted by Gasteiger charge is -2.21. The van der Waals surface area contributed by atoms with Gasteiger partial charge in [0.15, 0.2) is 0 Å². The minimum Gasteiger partial charge on any atom is -0.398 e. The lowest BCUT2D eigenvalue weighted by atomic mass is 10.1. The number of rotatable bonds is 7. The Morgan fingerprint density at radius 2 is 1.67 bits per heavy atom. The van der Waals surface area contributed by atoms with Crippen LogP contribution >= 0.6 is 0 Å². The zero-order valence-electron chi connectivity index (χ0n) is 9.70. The van der Waals surface area contributed by atoms with Crippen LogP contribution < -0.4 is 0 Å². The minimum atomic E-state index is -5.77. The molecule has 0 heterocycles. The molecule has 1 unspecified atom stereocenters. The third kappa shape index (κ3) is 6.11. The number of halogens is 6. The molecule has 0 aromatic heterocycles. The van der Waals surface area contributed by atoms with Crippen LogP contribution in [-0.4, -0.2) is 24.4 Å². The number of unbranched alkanes of at least 4 members (excludes halogenated alkanes) is 3. The fourth-order valence-corrected chi connectivity index (χ4v) is 1.14. The van der Waals surface area contributed by atoms with Crippen LogP contribution in [0.4, 0.5) is 26.3 Å². The normalized spacial score (nSPS) is 14.4. The van der Waals surface area contributed by atoms with Gasteiger partial charge in [-0.2, -0.15) is 22.0 Å². The van der Waals surface area contributed by atoms with Crippen molar-refractivity contribution in [2.24, 2.45) is 0 Å². The Bertz CT molecular complexity index is 264. The number of ether oxygens (including phenoxy) is 1. The first-order chi connectivity index (χ1) is 8.11. The summed E-state index contributed by atoms with van der Waals surface area (Å²) < 4.78 is 75.9. The van der Waals surface area contributed by atoms with Crippen LogP contribution in [0.1, 0.15) is 39.0 Å². The Morgan fingerprint density at radius 1 is 1.11 bits per heavy atom. The molecule has 0 fully saturated rings. The maximum absolute atomic E-state index is 12.6. The molecule has 1 atom stereocenters. The second-order valence-electron chi connectivity index (χ2n) is 3.75. The summed E-state index contributed by atoms with van der Waals surface area (Å²) in [4.78, 5) is 10.8. The standard InChI is InChI=1S/C10H14F6O2/c1-2-3-4-5-6-7(17)18-10(15,16)8(11)9(12,13)14/h8H,2-6H2,1H3. The van der Waals surface area contributed by atoms with Gasteiger partial charge in [0.05, 0.1) is 0 Å². The summed E-state index contributed by atoms with van der Waals surface area (Å²) in [6.45, 7) is 1.88. The van der Waals surface area contributed by atoms with Gasteiger partial charge in [0.25, 0.3) is 6.17 Å². The second-order valence-corrected chi connectivity index (χ2v) is 3.75. The van der Waals surface area contributed by atoms with Crippen molar-refractivity contribution in [3.8, 4) is 0 Å². The predicted octanol–water partition coefficient (Wildman–Crippen LogP) is 3.99. The quantitative estimate of drug-likeness (QED) is 0.400. The molecule has 0 aliphatic carbocycles. The van der Waals surface area contributed by atoms with E-state index in [-0.39, 0.29) is 6.42 Å². The van der Waals surface area contributed by atoms with E-state index in [2.05, 4.69) is 4.74 Å². The van der Waals surface area contributed by atoms with E-state index in [1.54, 1.807) is 0 Å². The van der Waals surface area contributed by atoms with E-state index >= 15 is 0 Å². The number of esters is 1. The number of carbonyl (C=O) groups excluding carboxylic acids is 1. The van der Waals surface area contributed by atoms with Crippen LogP contribution in [0.15, 0.2) is 0 Å². The molecule has 0 saturated carbocycles. The summed E-state index contributed by atoms with van der Waals surface area (Å²) in [7, 11) is 0. The van der Waals surface area contributed by atoms with Gasteiger partial charge >= 0.3 is 18.3 Å². The van der Waals surface area contributed by atoms with E-state index in [4.69, 9.17) is 0 Å². The number of hydrogen-bond donors (Lipinski definition) is 0. The Balaban J connectivity index is 4.19. The molecule has 18 heavy (non-hydrogen) atoms. The van der Waals surface area contributed by atoms with Gasteiger partial charge in [0, 0.05) is 6.42 Å². The molecule has 0 bridgehead atoms. The van der Waals surface area contributed by atoms with Gasteiger partial charge < -0.3 is 4.74 Å². The van der Waals surface area contributed by atoms with Crippen LogP contribution in [0.2, 0.25) is 0 Å². The molecule has 0 radical (unpaired) electrons. The van der Waals surface area contributed by atoms with Gasteiger partial charge in [0.2, 0.25) is 0 Å². The molecule has 0 aliphatic rings. The van der Waals surface area contributed by atoms with E-state index in [9.17, 15) is 31.1 Å². The lowest BCUT2D eigenvalue weighted by molar-refractivity contribution is -0.322. The molecule has 0 aromatic carbocycles. The van der Waals surface area contributed by atoms with Crippen LogP contribution in [0.3, 0.4) is 0 Å². The van der Waals surface area contributed by atoms with E-state index in [1.807, 2.05) is 6.92 Å². The first-order valence-corrected chi connectivity index (χ1v) is 5.41. The van der Waals surface area contributed by atoms with Crippen molar-refractivity contribution in [2.75, 3.05) is 0 Å². The Morgan fingerprint density at radius 3 is 2.11 bits per heavy atom. The monoisotopic (exact) mass is 280 g/mol. The first-order valence-electron chi connectivity index (χ1n) is 5.41. The molecule has 0 spiro atoms. The molecular weight excluding hydrogens is 266 g/mol. The smallest absolute Gasteiger partial charge is 0.398 e. The van der Waals surface area contributed by atoms with Crippen molar-refractivity contribution in [3.05, 3.63) is 0 Å². The van der Waals surface area contributed by atoms with E-state index in [1.165, 1.54) is 0 Å². The zero-order chi connectivity index (χ0) is 14.4. The largest absolute Gasteiger partial charge is 0.441 e. The molecule has 108 valence electrons. The highest BCUT2D eigenvalue weighted by Gasteiger charge is 2.59. The molecule has 0 aliphatic heterocycles. The SMILES string of the molecule is CCCCCCC(=O)OC(F)(F)C(F)C(F)(F)F. The number of carbonyl (C=O) groups is 1. The predicted molar refractivity (Wildman–Crippen MR) is 50.7 cm³/mol. The summed E-state index contributed by atoms with van der Waals surface area (Å²) in [5.41, 5.74) is 0. The van der Waals surface area contributed by atoms with Crippen LogP contribution in [0, 0.1) is 0 Å². The maximum atomic E-state index is 12.6. The van der Waals surface area contributed by atoms with Gasteiger partial charge in [-0.05, 0) is 6.42 Å². The zero-order valence-corrected chi connectivity index (χ0v) is 9.70. The van der Waals surface area contributed by atoms with Gasteiger partial charge in [-0.25, -0.2) is 4.39 Å². The first kappa shape index (κ1) is 17.1. The molecule has 0 saturated heterocycles. The Hall–Kier alpha value is -0.950. The topological polar surface area (TPSA) is 26.3 Å². The van der Waals surface area contributed by atoms with E-state index < -0.39 is 30.8 Å². The molecule has 0 amide bonds. The van der Waals surface area contributed by atoms with Crippen molar-refractivity contribution < 1.29 is 35.9 Å². The fourth-order valence-electron chi connectivity index (χ4n) is 1.14. The highest BCUT2D eigenvalue weighted by atomic mass is 19.4. The van der Waals surface area contributed by atoms with Crippen molar-refractivity contribution in [1.82, 2.24) is 0 Å².